The molecule has 128 valence electrons. The maximum atomic E-state index is 13.4. The summed E-state index contributed by atoms with van der Waals surface area (Å²) in [4.78, 5) is 5.92. The van der Waals surface area contributed by atoms with Crippen molar-refractivity contribution in [1.29, 1.82) is 0 Å². The van der Waals surface area contributed by atoms with Crippen molar-refractivity contribution < 1.29 is 13.2 Å². The molecule has 1 aliphatic rings. The molecule has 0 radical (unpaired) electrons. The minimum atomic E-state index is -0.825. The van der Waals surface area contributed by atoms with Gasteiger partial charge in [-0.05, 0) is 43.0 Å². The predicted molar refractivity (Wildman–Crippen MR) is 87.3 cm³/mol. The summed E-state index contributed by atoms with van der Waals surface area (Å²) in [5, 5.41) is 3.39. The molecule has 24 heavy (non-hydrogen) atoms. The summed E-state index contributed by atoms with van der Waals surface area (Å²) >= 11 is 0. The summed E-state index contributed by atoms with van der Waals surface area (Å²) in [6.07, 6.45) is 3.82. The van der Waals surface area contributed by atoms with Crippen LogP contribution in [0.3, 0.4) is 0 Å². The van der Waals surface area contributed by atoms with Gasteiger partial charge in [-0.1, -0.05) is 0 Å². The Kier molecular flexibility index (Phi) is 5.04. The zero-order valence-electron chi connectivity index (χ0n) is 13.5. The highest BCUT2D eigenvalue weighted by Gasteiger charge is 2.23. The molecular weight excluding hydrogens is 315 g/mol. The monoisotopic (exact) mass is 335 g/mol. The molecule has 0 aliphatic carbocycles. The van der Waals surface area contributed by atoms with Gasteiger partial charge >= 0.3 is 0 Å². The maximum absolute atomic E-state index is 13.4. The molecular formula is C18H20F3N3. The largest absolute Gasteiger partial charge is 0.371 e. The summed E-state index contributed by atoms with van der Waals surface area (Å²) in [5.74, 6) is -1.58. The smallest absolute Gasteiger partial charge is 0.160 e. The molecule has 3 nitrogen and oxygen atoms in total. The van der Waals surface area contributed by atoms with Crippen LogP contribution >= 0.6 is 0 Å². The van der Waals surface area contributed by atoms with Crippen LogP contribution in [0, 0.1) is 23.4 Å². The lowest BCUT2D eigenvalue weighted by atomic mass is 10.1. The predicted octanol–water partition coefficient (Wildman–Crippen LogP) is 3.68. The molecule has 1 aromatic heterocycles. The first-order chi connectivity index (χ1) is 11.5. The molecule has 0 unspecified atom stereocenters. The molecule has 0 bridgehead atoms. The van der Waals surface area contributed by atoms with E-state index in [9.17, 15) is 13.2 Å². The van der Waals surface area contributed by atoms with Crippen molar-refractivity contribution in [3.63, 3.8) is 0 Å². The normalized spacial score (nSPS) is 18.8. The molecule has 2 aromatic rings. The Morgan fingerprint density at radius 2 is 2.04 bits per heavy atom. The number of benzene rings is 1. The van der Waals surface area contributed by atoms with Crippen LogP contribution in [-0.4, -0.2) is 24.6 Å². The van der Waals surface area contributed by atoms with Crippen LogP contribution in [0.5, 0.6) is 0 Å². The fraction of sp³-hybridized carbons (Fsp3) is 0.389. The van der Waals surface area contributed by atoms with Crippen LogP contribution in [0.25, 0.3) is 0 Å². The molecule has 0 spiro atoms. The van der Waals surface area contributed by atoms with Crippen LogP contribution in [0.4, 0.5) is 18.9 Å². The Balaban J connectivity index is 1.53. The van der Waals surface area contributed by atoms with Gasteiger partial charge in [0.25, 0.3) is 0 Å². The van der Waals surface area contributed by atoms with Gasteiger partial charge in [-0.25, -0.2) is 13.2 Å². The Hall–Kier alpha value is -2.08. The molecule has 3 rings (SSSR count). The third-order valence-corrected chi connectivity index (χ3v) is 4.49. The van der Waals surface area contributed by atoms with E-state index in [0.29, 0.717) is 11.6 Å². The number of hydrogen-bond donors (Lipinski definition) is 1. The zero-order chi connectivity index (χ0) is 17.1. The Labute approximate surface area is 139 Å². The Bertz CT molecular complexity index is 708. The molecule has 1 aromatic carbocycles. The third-order valence-electron chi connectivity index (χ3n) is 4.49. The fourth-order valence-corrected chi connectivity index (χ4v) is 3.04. The highest BCUT2D eigenvalue weighted by molar-refractivity contribution is 5.47. The van der Waals surface area contributed by atoms with Gasteiger partial charge in [-0.15, -0.1) is 0 Å². The molecule has 1 N–H and O–H groups in total. The topological polar surface area (TPSA) is 28.2 Å². The van der Waals surface area contributed by atoms with Crippen molar-refractivity contribution in [3.8, 4) is 0 Å². The van der Waals surface area contributed by atoms with Crippen LogP contribution in [-0.2, 0) is 0 Å². The minimum absolute atomic E-state index is 0.00511. The van der Waals surface area contributed by atoms with E-state index in [0.717, 1.165) is 37.7 Å². The van der Waals surface area contributed by atoms with E-state index < -0.39 is 11.6 Å². The number of nitrogens with zero attached hydrogens (tertiary/aromatic N) is 2. The second-order valence-corrected chi connectivity index (χ2v) is 6.27. The first-order valence-corrected chi connectivity index (χ1v) is 8.07. The van der Waals surface area contributed by atoms with E-state index in [1.807, 2.05) is 6.92 Å². The number of aromatic nitrogens is 1. The molecule has 0 amide bonds. The van der Waals surface area contributed by atoms with E-state index in [2.05, 4.69) is 15.2 Å². The van der Waals surface area contributed by atoms with Crippen LogP contribution in [0.1, 0.15) is 24.9 Å². The van der Waals surface area contributed by atoms with Crippen LogP contribution in [0.15, 0.2) is 36.7 Å². The highest BCUT2D eigenvalue weighted by atomic mass is 19.2. The van der Waals surface area contributed by atoms with Crippen molar-refractivity contribution in [1.82, 2.24) is 10.3 Å². The van der Waals surface area contributed by atoms with Gasteiger partial charge in [0.05, 0.1) is 6.20 Å². The van der Waals surface area contributed by atoms with E-state index in [4.69, 9.17) is 0 Å². The summed E-state index contributed by atoms with van der Waals surface area (Å²) in [6, 6.07) is 5.49. The highest BCUT2D eigenvalue weighted by Crippen LogP contribution is 2.25. The maximum Gasteiger partial charge on any atom is 0.160 e. The van der Waals surface area contributed by atoms with Gasteiger partial charge in [0, 0.05) is 43.6 Å². The number of rotatable bonds is 5. The quantitative estimate of drug-likeness (QED) is 0.903. The fourth-order valence-electron chi connectivity index (χ4n) is 3.04. The molecule has 1 aliphatic heterocycles. The van der Waals surface area contributed by atoms with E-state index in [1.54, 1.807) is 12.3 Å². The lowest BCUT2D eigenvalue weighted by Gasteiger charge is -2.20. The molecule has 6 heteroatoms. The van der Waals surface area contributed by atoms with Gasteiger partial charge in [0.1, 0.15) is 5.82 Å². The van der Waals surface area contributed by atoms with E-state index >= 15 is 0 Å². The minimum Gasteiger partial charge on any atom is -0.371 e. The lowest BCUT2D eigenvalue weighted by Crippen LogP contribution is -2.28. The molecule has 2 atom stereocenters. The van der Waals surface area contributed by atoms with E-state index in [-0.39, 0.29) is 11.9 Å². The van der Waals surface area contributed by atoms with Gasteiger partial charge in [-0.3, -0.25) is 4.98 Å². The summed E-state index contributed by atoms with van der Waals surface area (Å²) in [7, 11) is 0. The SMILES string of the molecule is C[C@H](NC[C@H]1CCN(c2ccc(F)c(F)c2)C1)c1cncc(F)c1. The summed E-state index contributed by atoms with van der Waals surface area (Å²) < 4.78 is 39.6. The third kappa shape index (κ3) is 3.87. The molecule has 1 saturated heterocycles. The van der Waals surface area contributed by atoms with Gasteiger partial charge in [0.2, 0.25) is 0 Å². The average molecular weight is 335 g/mol. The zero-order valence-corrected chi connectivity index (χ0v) is 13.5. The molecule has 2 heterocycles. The number of hydrogen-bond acceptors (Lipinski definition) is 3. The standard InChI is InChI=1S/C18H20F3N3/c1-12(14-6-15(19)10-22-9-14)23-8-13-4-5-24(11-13)16-2-3-17(20)18(21)7-16/h2-3,6-7,9-10,12-13,23H,4-5,8,11H2,1H3/t12-,13+/m0/s1. The Morgan fingerprint density at radius 3 is 2.79 bits per heavy atom. The second kappa shape index (κ2) is 7.21. The Morgan fingerprint density at radius 1 is 1.21 bits per heavy atom. The van der Waals surface area contributed by atoms with Gasteiger partial charge < -0.3 is 10.2 Å². The van der Waals surface area contributed by atoms with E-state index in [1.165, 1.54) is 18.3 Å². The van der Waals surface area contributed by atoms with Gasteiger partial charge in [-0.2, -0.15) is 0 Å². The number of pyridine rings is 1. The number of nitrogens with one attached hydrogen (secondary N) is 1. The number of halogens is 3. The summed E-state index contributed by atoms with van der Waals surface area (Å²) in [6.45, 7) is 4.34. The van der Waals surface area contributed by atoms with Gasteiger partial charge in [0.15, 0.2) is 11.6 Å². The number of anilines is 1. The molecule has 1 fully saturated rings. The molecule has 0 saturated carbocycles. The second-order valence-electron chi connectivity index (χ2n) is 6.27. The van der Waals surface area contributed by atoms with Crippen LogP contribution in [0.2, 0.25) is 0 Å². The summed E-state index contributed by atoms with van der Waals surface area (Å²) in [5.41, 5.74) is 1.52. The lowest BCUT2D eigenvalue weighted by molar-refractivity contribution is 0.470. The first kappa shape index (κ1) is 16.8. The van der Waals surface area contributed by atoms with Crippen molar-refractivity contribution in [2.75, 3.05) is 24.5 Å². The van der Waals surface area contributed by atoms with Crippen molar-refractivity contribution in [2.24, 2.45) is 5.92 Å². The van der Waals surface area contributed by atoms with Crippen molar-refractivity contribution >= 4 is 5.69 Å². The average Bonchev–Trinajstić information content (AvgIpc) is 3.04. The van der Waals surface area contributed by atoms with Crippen LogP contribution < -0.4 is 10.2 Å². The van der Waals surface area contributed by atoms with Crippen molar-refractivity contribution in [2.45, 2.75) is 19.4 Å². The first-order valence-electron chi connectivity index (χ1n) is 8.07. The van der Waals surface area contributed by atoms with Crippen molar-refractivity contribution in [3.05, 3.63) is 59.7 Å².